The van der Waals surface area contributed by atoms with Gasteiger partial charge >= 0.3 is 0 Å². The van der Waals surface area contributed by atoms with Crippen molar-refractivity contribution in [2.45, 2.75) is 50.4 Å². The maximum absolute atomic E-state index is 14.0. The van der Waals surface area contributed by atoms with Crippen molar-refractivity contribution in [2.75, 3.05) is 46.3 Å². The summed E-state index contributed by atoms with van der Waals surface area (Å²) in [5.74, 6) is -0.717. The summed E-state index contributed by atoms with van der Waals surface area (Å²) in [4.78, 5) is 33.4. The largest absolute Gasteiger partial charge is 0.340 e. The van der Waals surface area contributed by atoms with E-state index in [1.165, 1.54) is 4.31 Å². The van der Waals surface area contributed by atoms with E-state index in [9.17, 15) is 18.0 Å². The van der Waals surface area contributed by atoms with E-state index in [2.05, 4.69) is 4.90 Å². The lowest BCUT2D eigenvalue weighted by molar-refractivity contribution is -0.143. The van der Waals surface area contributed by atoms with Gasteiger partial charge < -0.3 is 14.7 Å². The fraction of sp³-hybridized carbons (Fsp3) is 0.652. The molecule has 1 spiro atoms. The van der Waals surface area contributed by atoms with E-state index in [0.29, 0.717) is 18.7 Å². The molecule has 176 valence electrons. The molecule has 3 aliphatic rings. The molecule has 2 saturated heterocycles. The molecule has 0 aromatic heterocycles. The van der Waals surface area contributed by atoms with Crippen molar-refractivity contribution in [2.24, 2.45) is 0 Å². The number of fused-ring (bicyclic) bond motifs is 1. The molecule has 4 rings (SSSR count). The summed E-state index contributed by atoms with van der Waals surface area (Å²) < 4.78 is 27.2. The Morgan fingerprint density at radius 3 is 2.19 bits per heavy atom. The minimum absolute atomic E-state index is 0.00899. The zero-order chi connectivity index (χ0) is 23.4. The van der Waals surface area contributed by atoms with Gasteiger partial charge in [0.05, 0.1) is 16.7 Å². The lowest BCUT2D eigenvalue weighted by atomic mass is 9.68. The van der Waals surface area contributed by atoms with Gasteiger partial charge in [-0.15, -0.1) is 0 Å². The topological polar surface area (TPSA) is 81.2 Å². The van der Waals surface area contributed by atoms with E-state index in [4.69, 9.17) is 0 Å². The first-order valence-electron chi connectivity index (χ1n) is 11.4. The molecule has 1 atom stereocenters. The average Bonchev–Trinajstić information content (AvgIpc) is 2.71. The van der Waals surface area contributed by atoms with Crippen LogP contribution in [0.2, 0.25) is 0 Å². The molecular weight excluding hydrogens is 428 g/mol. The summed E-state index contributed by atoms with van der Waals surface area (Å²) in [6.07, 6.45) is 0. The minimum Gasteiger partial charge on any atom is -0.340 e. The van der Waals surface area contributed by atoms with Crippen molar-refractivity contribution in [1.29, 1.82) is 0 Å². The quantitative estimate of drug-likeness (QED) is 0.672. The zero-order valence-corrected chi connectivity index (χ0v) is 20.4. The number of sulfonamides is 1. The fourth-order valence-electron chi connectivity index (χ4n) is 5.40. The van der Waals surface area contributed by atoms with Gasteiger partial charge in [-0.2, -0.15) is 4.31 Å². The van der Waals surface area contributed by atoms with E-state index >= 15 is 0 Å². The Morgan fingerprint density at radius 2 is 1.62 bits per heavy atom. The maximum Gasteiger partial charge on any atom is 0.254 e. The molecule has 2 amide bonds. The number of nitrogens with zero attached hydrogens (tertiary/aromatic N) is 4. The third-order valence-corrected chi connectivity index (χ3v) is 9.34. The second kappa shape index (κ2) is 8.11. The molecule has 2 fully saturated rings. The van der Waals surface area contributed by atoms with Crippen LogP contribution in [-0.4, -0.2) is 102 Å². The lowest BCUT2D eigenvalue weighted by Crippen LogP contribution is -2.79. The summed E-state index contributed by atoms with van der Waals surface area (Å²) in [5.41, 5.74) is 0.395. The summed E-state index contributed by atoms with van der Waals surface area (Å²) in [7, 11) is -1.44. The molecule has 8 nitrogen and oxygen atoms in total. The molecule has 9 heteroatoms. The molecule has 32 heavy (non-hydrogen) atoms. The van der Waals surface area contributed by atoms with Gasteiger partial charge in [0, 0.05) is 50.9 Å². The predicted octanol–water partition coefficient (Wildman–Crippen LogP) is 1.20. The number of hydrogen-bond donors (Lipinski definition) is 0. The lowest BCUT2D eigenvalue weighted by Gasteiger charge is -2.62. The van der Waals surface area contributed by atoms with Crippen molar-refractivity contribution in [3.63, 3.8) is 0 Å². The predicted molar refractivity (Wildman–Crippen MR) is 123 cm³/mol. The van der Waals surface area contributed by atoms with Crippen molar-refractivity contribution in [1.82, 2.24) is 19.0 Å². The van der Waals surface area contributed by atoms with E-state index in [-0.39, 0.29) is 30.9 Å². The van der Waals surface area contributed by atoms with Crippen LogP contribution in [0.1, 0.15) is 49.5 Å². The highest BCUT2D eigenvalue weighted by Crippen LogP contribution is 2.49. The molecule has 0 aliphatic carbocycles. The van der Waals surface area contributed by atoms with Gasteiger partial charge in [0.25, 0.3) is 5.91 Å². The molecule has 0 saturated carbocycles. The molecule has 0 bridgehead atoms. The number of amides is 2. The SMILES string of the molecule is CC(C)N1C(=O)c2ccccc2C(C(=O)N2CCN(C)CC2)C12CN(S(=O)(=O)C(C)C)C2. The smallest absolute Gasteiger partial charge is 0.254 e. The Morgan fingerprint density at radius 1 is 1.03 bits per heavy atom. The van der Waals surface area contributed by atoms with Crippen molar-refractivity contribution < 1.29 is 18.0 Å². The van der Waals surface area contributed by atoms with E-state index < -0.39 is 26.7 Å². The van der Waals surface area contributed by atoms with Crippen LogP contribution in [0.5, 0.6) is 0 Å². The highest BCUT2D eigenvalue weighted by Gasteiger charge is 2.64. The third kappa shape index (κ3) is 3.45. The number of likely N-dealkylation sites (N-methyl/N-ethyl adjacent to an activating group) is 1. The first-order chi connectivity index (χ1) is 15.0. The van der Waals surface area contributed by atoms with Gasteiger partial charge in [-0.3, -0.25) is 9.59 Å². The van der Waals surface area contributed by atoms with E-state index in [1.54, 1.807) is 24.8 Å². The van der Waals surface area contributed by atoms with Crippen LogP contribution in [0.15, 0.2) is 24.3 Å². The standard InChI is InChI=1S/C23H34N4O4S/c1-16(2)27-21(28)19-9-7-6-8-18(19)20(22(29)25-12-10-24(5)11-13-25)23(27)14-26(15-23)32(30,31)17(3)4/h6-9,16-17,20H,10-15H2,1-5H3. The van der Waals surface area contributed by atoms with Gasteiger partial charge in [-0.25, -0.2) is 8.42 Å². The van der Waals surface area contributed by atoms with Crippen LogP contribution in [0.3, 0.4) is 0 Å². The Bertz CT molecular complexity index is 1010. The third-order valence-electron chi connectivity index (χ3n) is 7.17. The summed E-state index contributed by atoms with van der Waals surface area (Å²) in [6, 6.07) is 7.16. The summed E-state index contributed by atoms with van der Waals surface area (Å²) in [6.45, 7) is 10.4. The number of rotatable bonds is 4. The molecule has 1 aromatic rings. The number of hydrogen-bond acceptors (Lipinski definition) is 5. The minimum atomic E-state index is -3.48. The normalized spacial score (nSPS) is 24.2. The van der Waals surface area contributed by atoms with Crippen LogP contribution in [-0.2, 0) is 14.8 Å². The second-order valence-corrected chi connectivity index (χ2v) is 12.4. The van der Waals surface area contributed by atoms with Crippen molar-refractivity contribution >= 4 is 21.8 Å². The molecule has 0 radical (unpaired) electrons. The van der Waals surface area contributed by atoms with Crippen LogP contribution in [0, 0.1) is 0 Å². The van der Waals surface area contributed by atoms with Gasteiger partial charge in [0.15, 0.2) is 0 Å². The van der Waals surface area contributed by atoms with Gasteiger partial charge in [0.2, 0.25) is 15.9 Å². The van der Waals surface area contributed by atoms with Crippen molar-refractivity contribution in [3.8, 4) is 0 Å². The Hall–Kier alpha value is -1.97. The second-order valence-electron chi connectivity index (χ2n) is 9.88. The molecule has 1 aromatic carbocycles. The van der Waals surface area contributed by atoms with Gasteiger partial charge in [0.1, 0.15) is 0 Å². The average molecular weight is 463 g/mol. The first-order valence-corrected chi connectivity index (χ1v) is 12.9. The monoisotopic (exact) mass is 462 g/mol. The molecular formula is C23H34N4O4S. The Balaban J connectivity index is 1.80. The number of benzene rings is 1. The summed E-state index contributed by atoms with van der Waals surface area (Å²) in [5, 5.41) is -0.550. The Labute approximate surface area is 191 Å². The van der Waals surface area contributed by atoms with Crippen LogP contribution >= 0.6 is 0 Å². The molecule has 3 heterocycles. The van der Waals surface area contributed by atoms with Crippen molar-refractivity contribution in [3.05, 3.63) is 35.4 Å². The molecule has 1 unspecified atom stereocenters. The maximum atomic E-state index is 14.0. The van der Waals surface area contributed by atoms with Crippen LogP contribution in [0.25, 0.3) is 0 Å². The van der Waals surface area contributed by atoms with Gasteiger partial charge in [-0.1, -0.05) is 18.2 Å². The number of piperazine rings is 1. The van der Waals surface area contributed by atoms with Gasteiger partial charge in [-0.05, 0) is 46.4 Å². The first kappa shape index (κ1) is 23.2. The zero-order valence-electron chi connectivity index (χ0n) is 19.6. The number of carbonyl (C=O) groups excluding carboxylic acids is 2. The fourth-order valence-corrected chi connectivity index (χ4v) is 6.81. The van der Waals surface area contributed by atoms with Crippen LogP contribution in [0.4, 0.5) is 0 Å². The highest BCUT2D eigenvalue weighted by atomic mass is 32.2. The molecule has 0 N–H and O–H groups in total. The summed E-state index contributed by atoms with van der Waals surface area (Å²) >= 11 is 0. The van der Waals surface area contributed by atoms with E-state index in [0.717, 1.165) is 18.7 Å². The Kier molecular flexibility index (Phi) is 5.88. The van der Waals surface area contributed by atoms with Crippen LogP contribution < -0.4 is 0 Å². The highest BCUT2D eigenvalue weighted by molar-refractivity contribution is 7.89. The van der Waals surface area contributed by atoms with E-state index in [1.807, 2.05) is 44.0 Å². The molecule has 3 aliphatic heterocycles. The number of carbonyl (C=O) groups is 2.